The molecule has 10 heteroatoms. The molecule has 0 radical (unpaired) electrons. The van der Waals surface area contributed by atoms with Gasteiger partial charge in [-0.05, 0) is 70.6 Å². The molecule has 0 aromatic heterocycles. The van der Waals surface area contributed by atoms with Crippen molar-refractivity contribution < 1.29 is 41.2 Å². The van der Waals surface area contributed by atoms with E-state index in [9.17, 15) is 24.6 Å². The predicted molar refractivity (Wildman–Crippen MR) is 172 cm³/mol. The van der Waals surface area contributed by atoms with Gasteiger partial charge >= 0.3 is 43.7 Å². The molecular weight excluding hydrogens is 574 g/mol. The topological polar surface area (TPSA) is 197 Å². The molecule has 0 bridgehead atoms. The van der Waals surface area contributed by atoms with E-state index in [4.69, 9.17) is 10.8 Å². The standard InChI is InChI=1S/C20H30O2.C7H14NO2.C6H13N2O2.Ca/c1-2-3-4-5-6-7-8-9-10-11-12-13-14-15-16-17-18-19-20(21)22;1-6(7(9)10)4-2-3-5-8;7-4-2-1-3-5(8)6(9)10;/h3-4,6-7,9-10,12-13,15-16H,2,5,8,11,14,17-19H2,1H3,(H,21,22);6H,1-5,8H2,(H,9,10);5,8H,1-4,7H2,(H,9,10);/q;2*-1;+2/b4-3-,7-6-,10-9-,13-12-,16-15-;;;/t;6-;5-;/m.00./s1. The van der Waals surface area contributed by atoms with E-state index in [1.165, 1.54) is 0 Å². The number of carbonyl (C=O) groups excluding carboxylic acids is 2. The molecule has 0 aromatic carbocycles. The Hall–Kier alpha value is -1.75. The molecule has 0 saturated carbocycles. The van der Waals surface area contributed by atoms with Crippen molar-refractivity contribution in [3.63, 3.8) is 0 Å². The van der Waals surface area contributed by atoms with Gasteiger partial charge < -0.3 is 49.0 Å². The molecule has 0 unspecified atom stereocenters. The van der Waals surface area contributed by atoms with Crippen LogP contribution < -0.4 is 21.7 Å². The molecule has 0 saturated heterocycles. The van der Waals surface area contributed by atoms with Crippen molar-refractivity contribution in [1.82, 2.24) is 0 Å². The number of carboxylic acid groups (broad SMARTS) is 3. The molecule has 0 aliphatic rings. The number of nitrogens with one attached hydrogen (secondary N) is 1. The van der Waals surface area contributed by atoms with Crippen LogP contribution >= 0.6 is 0 Å². The summed E-state index contributed by atoms with van der Waals surface area (Å²) in [4.78, 5) is 30.4. The van der Waals surface area contributed by atoms with E-state index < -0.39 is 29.9 Å². The second-order valence-corrected chi connectivity index (χ2v) is 9.58. The Morgan fingerprint density at radius 3 is 1.51 bits per heavy atom. The number of hydrogen-bond acceptors (Lipinski definition) is 5. The average molecular weight is 632 g/mol. The third kappa shape index (κ3) is 47.4. The average Bonchev–Trinajstić information content (AvgIpc) is 2.95. The van der Waals surface area contributed by atoms with E-state index in [2.05, 4.69) is 86.1 Å². The second kappa shape index (κ2) is 40.2. The van der Waals surface area contributed by atoms with Gasteiger partial charge in [-0.25, -0.2) is 0 Å². The van der Waals surface area contributed by atoms with Crippen LogP contribution in [0.5, 0.6) is 0 Å². The molecule has 0 amide bonds. The first kappa shape index (κ1) is 48.2. The molecule has 8 N–H and O–H groups in total. The van der Waals surface area contributed by atoms with Gasteiger partial charge in [-0.15, -0.1) is 5.92 Å². The molecule has 0 aliphatic heterocycles. The zero-order valence-corrected chi connectivity index (χ0v) is 28.8. The number of quaternary nitrogens is 2. The van der Waals surface area contributed by atoms with Crippen molar-refractivity contribution in [3.05, 3.63) is 73.4 Å². The number of carboxylic acids is 3. The van der Waals surface area contributed by atoms with E-state index in [1.54, 1.807) is 0 Å². The molecule has 0 heterocycles. The van der Waals surface area contributed by atoms with Crippen molar-refractivity contribution >= 4 is 55.6 Å². The first-order valence-electron chi connectivity index (χ1n) is 15.1. The smallest absolute Gasteiger partial charge is 0.670 e. The van der Waals surface area contributed by atoms with E-state index in [-0.39, 0.29) is 44.2 Å². The summed E-state index contributed by atoms with van der Waals surface area (Å²) < 4.78 is 0. The summed E-state index contributed by atoms with van der Waals surface area (Å²) in [5.74, 6) is -3.59. The Morgan fingerprint density at radius 2 is 1.14 bits per heavy atom. The van der Waals surface area contributed by atoms with Gasteiger partial charge in [-0.3, -0.25) is 4.79 Å². The summed E-state index contributed by atoms with van der Waals surface area (Å²) in [7, 11) is 0. The minimum absolute atomic E-state index is 0. The summed E-state index contributed by atoms with van der Waals surface area (Å²) in [5, 5.41) is 28.6. The Labute approximate surface area is 290 Å². The first-order chi connectivity index (χ1) is 20.1. The predicted octanol–water partition coefficient (Wildman–Crippen LogP) is 2.78. The van der Waals surface area contributed by atoms with Crippen LogP contribution in [0.2, 0.25) is 0 Å². The summed E-state index contributed by atoms with van der Waals surface area (Å²) in [6, 6.07) is -1.05. The summed E-state index contributed by atoms with van der Waals surface area (Å²) >= 11 is 0. The molecule has 0 spiro atoms. The van der Waals surface area contributed by atoms with Crippen molar-refractivity contribution in [2.75, 3.05) is 13.1 Å². The van der Waals surface area contributed by atoms with Crippen LogP contribution in [0.15, 0.2) is 60.8 Å². The van der Waals surface area contributed by atoms with Crippen molar-refractivity contribution in [2.45, 2.75) is 103 Å². The van der Waals surface area contributed by atoms with Crippen LogP contribution in [-0.2, 0) is 14.4 Å². The first-order valence-corrected chi connectivity index (χ1v) is 15.1. The van der Waals surface area contributed by atoms with Gasteiger partial charge in [0.2, 0.25) is 0 Å². The van der Waals surface area contributed by atoms with Gasteiger partial charge in [0, 0.05) is 18.4 Å². The van der Waals surface area contributed by atoms with Crippen LogP contribution in [-0.4, -0.2) is 79.9 Å². The van der Waals surface area contributed by atoms with Crippen molar-refractivity contribution in [3.8, 4) is 0 Å². The molecule has 0 aromatic rings. The van der Waals surface area contributed by atoms with E-state index in [0.717, 1.165) is 83.7 Å². The molecule has 0 rings (SSSR count). The fourth-order valence-corrected chi connectivity index (χ4v) is 3.07. The van der Waals surface area contributed by atoms with Crippen LogP contribution in [0, 0.1) is 12.8 Å². The second-order valence-electron chi connectivity index (χ2n) is 9.58. The van der Waals surface area contributed by atoms with Crippen molar-refractivity contribution in [1.29, 1.82) is 0 Å². The third-order valence-corrected chi connectivity index (χ3v) is 5.58. The maximum absolute atomic E-state index is 10.3. The van der Waals surface area contributed by atoms with E-state index in [0.29, 0.717) is 12.8 Å². The van der Waals surface area contributed by atoms with Gasteiger partial charge in [0.15, 0.2) is 0 Å². The van der Waals surface area contributed by atoms with Gasteiger partial charge in [0.25, 0.3) is 0 Å². The SMILES string of the molecule is CC/C=C\C/C=C\C/C=C\C/C=C\C/C=C\CCCC(=O)O.[CH2-][C@@H](CCCC[NH3+])C(=O)[O-].[Ca+2].[NH-][C@@H](CCCC[NH3+])C(=O)[O-]. The van der Waals surface area contributed by atoms with Crippen LogP contribution in [0.25, 0.3) is 5.73 Å². The van der Waals surface area contributed by atoms with Crippen molar-refractivity contribution in [2.24, 2.45) is 5.92 Å². The zero-order valence-electron chi connectivity index (χ0n) is 26.6. The normalized spacial score (nSPS) is 12.6. The fourth-order valence-electron chi connectivity index (χ4n) is 3.07. The van der Waals surface area contributed by atoms with Gasteiger partial charge in [-0.2, -0.15) is 0 Å². The Bertz CT molecular complexity index is 772. The number of aliphatic carboxylic acids is 3. The van der Waals surface area contributed by atoms with Crippen LogP contribution in [0.4, 0.5) is 0 Å². The van der Waals surface area contributed by atoms with E-state index in [1.807, 2.05) is 0 Å². The Balaban J connectivity index is -0.000000301. The Kier molecular flexibility index (Phi) is 45.1. The number of allylic oxidation sites excluding steroid dienone is 10. The van der Waals surface area contributed by atoms with E-state index >= 15 is 0 Å². The van der Waals surface area contributed by atoms with Crippen LogP contribution in [0.3, 0.4) is 0 Å². The minimum atomic E-state index is -1.27. The van der Waals surface area contributed by atoms with Gasteiger partial charge in [-0.1, -0.05) is 86.6 Å². The Morgan fingerprint density at radius 1 is 0.721 bits per heavy atom. The number of rotatable bonds is 23. The number of hydrogen-bond donors (Lipinski definition) is 3. The quantitative estimate of drug-likeness (QED) is 0.0670. The minimum Gasteiger partial charge on any atom is -0.670 e. The number of carbonyl (C=O) groups is 3. The fraction of sp³-hybridized carbons (Fsp3) is 0.576. The molecule has 0 aliphatic carbocycles. The van der Waals surface area contributed by atoms with Crippen LogP contribution in [0.1, 0.15) is 96.8 Å². The third-order valence-electron chi connectivity index (χ3n) is 5.58. The largest absolute Gasteiger partial charge is 2.00 e. The summed E-state index contributed by atoms with van der Waals surface area (Å²) in [5.41, 5.74) is 14.2. The zero-order chi connectivity index (χ0) is 32.3. The molecule has 43 heavy (non-hydrogen) atoms. The molecular formula is C33H57CaN3O6. The molecule has 2 atom stereocenters. The molecule has 242 valence electrons. The summed E-state index contributed by atoms with van der Waals surface area (Å²) in [6.07, 6.45) is 32.9. The molecule has 0 fully saturated rings. The summed E-state index contributed by atoms with van der Waals surface area (Å²) in [6.45, 7) is 7.24. The number of unbranched alkanes of at least 4 members (excludes halogenated alkanes) is 3. The molecule has 9 nitrogen and oxygen atoms in total. The maximum atomic E-state index is 10.3. The maximum Gasteiger partial charge on any atom is 2.00 e. The monoisotopic (exact) mass is 631 g/mol. The van der Waals surface area contributed by atoms with Gasteiger partial charge in [0.1, 0.15) is 0 Å². The van der Waals surface area contributed by atoms with Gasteiger partial charge in [0.05, 0.1) is 13.1 Å².